The molecule has 1 fully saturated rings. The molecule has 1 saturated heterocycles. The van der Waals surface area contributed by atoms with Crippen molar-refractivity contribution in [2.45, 2.75) is 25.3 Å². The second-order valence-electron chi connectivity index (χ2n) is 7.75. The van der Waals surface area contributed by atoms with E-state index in [-0.39, 0.29) is 28.8 Å². The Morgan fingerprint density at radius 3 is 2.89 bits per heavy atom. The molecule has 3 N–H and O–H groups in total. The summed E-state index contributed by atoms with van der Waals surface area (Å²) in [6.07, 6.45) is 3.99. The Morgan fingerprint density at radius 1 is 1.39 bits per heavy atom. The average Bonchev–Trinajstić information content (AvgIpc) is 3.36. The minimum absolute atomic E-state index is 0.104. The van der Waals surface area contributed by atoms with Gasteiger partial charge in [0.25, 0.3) is 11.8 Å². The number of β-lactam (4-membered cyclic amide) rings is 1. The lowest BCUT2D eigenvalue weighted by molar-refractivity contribution is -0.150. The molecular weight excluding hydrogens is 552 g/mol. The molecule has 0 aliphatic carbocycles. The molecule has 38 heavy (non-hydrogen) atoms. The molecular formula is C23H22N6O6S3. The molecule has 3 amide bonds. The first kappa shape index (κ1) is 27.3. The second-order valence-corrected chi connectivity index (χ2v) is 10.7. The molecule has 198 valence electrons. The highest BCUT2D eigenvalue weighted by Crippen LogP contribution is 2.43. The van der Waals surface area contributed by atoms with Crippen LogP contribution in [0.25, 0.3) is 6.08 Å². The van der Waals surface area contributed by atoms with Gasteiger partial charge in [-0.05, 0) is 37.0 Å². The van der Waals surface area contributed by atoms with Gasteiger partial charge in [-0.2, -0.15) is 0 Å². The molecule has 0 bridgehead atoms. The number of hydrogen-bond acceptors (Lipinski definition) is 11. The minimum Gasteiger partial charge on any atom is -0.477 e. The Balaban J connectivity index is 1.48. The number of aryl methyl sites for hydroxylation is 1. The number of thiazole rings is 1. The molecule has 4 rings (SSSR count). The van der Waals surface area contributed by atoms with Gasteiger partial charge in [0.15, 0.2) is 10.8 Å². The highest BCUT2D eigenvalue weighted by molar-refractivity contribution is 8.08. The van der Waals surface area contributed by atoms with Gasteiger partial charge in [0.1, 0.15) is 29.4 Å². The van der Waals surface area contributed by atoms with Gasteiger partial charge in [0, 0.05) is 27.9 Å². The molecule has 0 saturated carbocycles. The Labute approximate surface area is 229 Å². The maximum atomic E-state index is 13.0. The molecule has 4 heterocycles. The lowest BCUT2D eigenvalue weighted by Gasteiger charge is -2.49. The summed E-state index contributed by atoms with van der Waals surface area (Å²) >= 11 is 3.66. The lowest BCUT2D eigenvalue weighted by atomic mass is 10.0. The first-order valence-corrected chi connectivity index (χ1v) is 14.0. The first-order valence-electron chi connectivity index (χ1n) is 11.2. The van der Waals surface area contributed by atoms with Crippen LogP contribution in [0, 0.1) is 6.92 Å². The van der Waals surface area contributed by atoms with E-state index >= 15 is 0 Å². The van der Waals surface area contributed by atoms with Crippen molar-refractivity contribution < 1.29 is 29.1 Å². The van der Waals surface area contributed by atoms with E-state index in [9.17, 15) is 24.3 Å². The van der Waals surface area contributed by atoms with E-state index in [0.29, 0.717) is 17.1 Å². The normalized spacial score (nSPS) is 19.2. The number of nitrogens with zero attached hydrogens (tertiary/aromatic N) is 4. The largest absolute Gasteiger partial charge is 0.477 e. The number of carbonyl (C=O) groups excluding carboxylic acids is 3. The van der Waals surface area contributed by atoms with Gasteiger partial charge in [0.2, 0.25) is 6.41 Å². The predicted octanol–water partition coefficient (Wildman–Crippen LogP) is 2.26. The van der Waals surface area contributed by atoms with Gasteiger partial charge < -0.3 is 20.6 Å². The third-order valence-electron chi connectivity index (χ3n) is 5.26. The monoisotopic (exact) mass is 574 g/mol. The van der Waals surface area contributed by atoms with Crippen LogP contribution in [0.1, 0.15) is 23.9 Å². The zero-order valence-electron chi connectivity index (χ0n) is 20.1. The van der Waals surface area contributed by atoms with Crippen LogP contribution in [-0.2, 0) is 24.0 Å². The molecule has 0 aromatic carbocycles. The van der Waals surface area contributed by atoms with Crippen molar-refractivity contribution in [1.82, 2.24) is 20.2 Å². The average molecular weight is 575 g/mol. The molecule has 0 radical (unpaired) electrons. The Bertz CT molecular complexity index is 1340. The van der Waals surface area contributed by atoms with Gasteiger partial charge in [-0.25, -0.2) is 9.78 Å². The van der Waals surface area contributed by atoms with Crippen LogP contribution in [0.3, 0.4) is 0 Å². The van der Waals surface area contributed by atoms with E-state index in [2.05, 4.69) is 25.8 Å². The van der Waals surface area contributed by atoms with Crippen LogP contribution in [0.4, 0.5) is 5.13 Å². The second kappa shape index (κ2) is 12.2. The van der Waals surface area contributed by atoms with Gasteiger partial charge in [0.05, 0.1) is 0 Å². The van der Waals surface area contributed by atoms with Crippen molar-refractivity contribution in [2.24, 2.45) is 5.16 Å². The Morgan fingerprint density at radius 2 is 2.21 bits per heavy atom. The van der Waals surface area contributed by atoms with Crippen molar-refractivity contribution in [3.05, 3.63) is 56.7 Å². The van der Waals surface area contributed by atoms with Crippen LogP contribution in [0.5, 0.6) is 0 Å². The number of nitrogens with one attached hydrogen (secondary N) is 2. The number of carbonyl (C=O) groups is 4. The number of amides is 3. The van der Waals surface area contributed by atoms with Crippen LogP contribution in [-0.4, -0.2) is 73.7 Å². The third kappa shape index (κ3) is 5.89. The summed E-state index contributed by atoms with van der Waals surface area (Å²) in [5.41, 5.74) is 1.64. The van der Waals surface area contributed by atoms with E-state index in [1.165, 1.54) is 33.8 Å². The smallest absolute Gasteiger partial charge is 0.353 e. The fourth-order valence-electron chi connectivity index (χ4n) is 3.50. The van der Waals surface area contributed by atoms with E-state index in [1.807, 2.05) is 25.1 Å². The van der Waals surface area contributed by atoms with Crippen LogP contribution in [0.2, 0.25) is 0 Å². The summed E-state index contributed by atoms with van der Waals surface area (Å²) in [7, 11) is 0. The van der Waals surface area contributed by atoms with Crippen molar-refractivity contribution in [2.75, 3.05) is 17.7 Å². The fraction of sp³-hybridized carbons (Fsp3) is 0.261. The molecule has 2 aliphatic heterocycles. The zero-order chi connectivity index (χ0) is 27.2. The topological polar surface area (TPSA) is 163 Å². The standard InChI is InChI=1S/C23H22N6O6S3/c1-3-35-28-16(14-9-38-23(26-14)25-11-30)19(31)27-17-20(32)29-18(22(33)34)15(10-37-21(17)29)36-7-6-13-5-4-12(2)24-8-13/h4-9,11,17,21H,3,10H2,1-2H3,(H,27,31)(H,33,34)(H,25,26,30)/b7-6-,28-16-/t17?,21-/m1/s1. The number of pyridine rings is 1. The van der Waals surface area contributed by atoms with Crippen molar-refractivity contribution in [3.8, 4) is 0 Å². The number of oxime groups is 1. The summed E-state index contributed by atoms with van der Waals surface area (Å²) < 4.78 is 0. The quantitative estimate of drug-likeness (QED) is 0.157. The summed E-state index contributed by atoms with van der Waals surface area (Å²) in [6, 6.07) is 2.82. The predicted molar refractivity (Wildman–Crippen MR) is 145 cm³/mol. The summed E-state index contributed by atoms with van der Waals surface area (Å²) in [4.78, 5) is 63.9. The molecule has 1 unspecified atom stereocenters. The maximum Gasteiger partial charge on any atom is 0.353 e. The number of anilines is 1. The molecule has 2 aromatic heterocycles. The Hall–Kier alpha value is -3.69. The van der Waals surface area contributed by atoms with E-state index in [1.54, 1.807) is 18.5 Å². The van der Waals surface area contributed by atoms with Crippen molar-refractivity contribution in [3.63, 3.8) is 0 Å². The number of carboxylic acid groups (broad SMARTS) is 1. The number of carboxylic acids is 1. The Kier molecular flexibility index (Phi) is 8.81. The molecule has 2 aliphatic rings. The molecule has 0 spiro atoms. The van der Waals surface area contributed by atoms with Crippen molar-refractivity contribution >= 4 is 76.0 Å². The summed E-state index contributed by atoms with van der Waals surface area (Å²) in [5, 5.41) is 21.7. The van der Waals surface area contributed by atoms with Gasteiger partial charge in [-0.15, -0.1) is 23.1 Å². The fourth-order valence-corrected chi connectivity index (χ4v) is 6.51. The van der Waals surface area contributed by atoms with E-state index in [0.717, 1.165) is 22.6 Å². The van der Waals surface area contributed by atoms with Crippen molar-refractivity contribution in [1.29, 1.82) is 0 Å². The van der Waals surface area contributed by atoms with Crippen LogP contribution >= 0.6 is 34.9 Å². The van der Waals surface area contributed by atoms with Crippen LogP contribution in [0.15, 0.2) is 44.9 Å². The lowest BCUT2D eigenvalue weighted by Crippen LogP contribution is -2.71. The number of fused-ring (bicyclic) bond motifs is 1. The number of rotatable bonds is 11. The number of aliphatic carboxylic acids is 1. The van der Waals surface area contributed by atoms with Gasteiger partial charge >= 0.3 is 5.97 Å². The molecule has 15 heteroatoms. The number of thioether (sulfide) groups is 2. The zero-order valence-corrected chi connectivity index (χ0v) is 22.6. The summed E-state index contributed by atoms with van der Waals surface area (Å²) in [5.74, 6) is -2.14. The highest BCUT2D eigenvalue weighted by Gasteiger charge is 2.54. The maximum absolute atomic E-state index is 13.0. The molecule has 2 atom stereocenters. The van der Waals surface area contributed by atoms with E-state index in [4.69, 9.17) is 4.84 Å². The van der Waals surface area contributed by atoms with Gasteiger partial charge in [-0.1, -0.05) is 23.0 Å². The number of hydrogen-bond donors (Lipinski definition) is 3. The van der Waals surface area contributed by atoms with Crippen LogP contribution < -0.4 is 10.6 Å². The highest BCUT2D eigenvalue weighted by atomic mass is 32.2. The van der Waals surface area contributed by atoms with Gasteiger partial charge in [-0.3, -0.25) is 24.3 Å². The number of aromatic nitrogens is 2. The SMILES string of the molecule is CCO/N=C(\C(=O)NC1C(=O)N2C(C(=O)O)=C(S/C=C\c3ccc(C)nc3)CS[C@H]12)c1csc(NC=O)n1. The third-order valence-corrected chi connectivity index (χ3v) is 8.39. The first-order chi connectivity index (χ1) is 18.3. The molecule has 12 nitrogen and oxygen atoms in total. The molecule has 2 aromatic rings. The minimum atomic E-state index is -1.22. The summed E-state index contributed by atoms with van der Waals surface area (Å²) in [6.45, 7) is 3.77. The van der Waals surface area contributed by atoms with E-state index < -0.39 is 29.2 Å².